The van der Waals surface area contributed by atoms with Gasteiger partial charge in [0.25, 0.3) is 0 Å². The van der Waals surface area contributed by atoms with E-state index in [1.165, 1.54) is 0 Å². The molecular formula is C4H14FNO4P+. The van der Waals surface area contributed by atoms with Crippen LogP contribution in [0.25, 0.3) is 0 Å². The minimum Gasteiger partial charge on any atom is -0.333 e. The van der Waals surface area contributed by atoms with Gasteiger partial charge in [0.15, 0.2) is 0 Å². The lowest BCUT2D eigenvalue weighted by Gasteiger charge is -2.14. The van der Waals surface area contributed by atoms with Gasteiger partial charge in [-0.1, -0.05) is 4.73 Å². The molecule has 0 aliphatic carbocycles. The summed E-state index contributed by atoms with van der Waals surface area (Å²) in [5.74, 6) is 0. The number of phosphoric acid groups is 1. The average Bonchev–Trinajstić information content (AvgIpc) is 1.59. The molecule has 0 fully saturated rings. The molecule has 70 valence electrons. The van der Waals surface area contributed by atoms with Crippen LogP contribution in [0.15, 0.2) is 0 Å². The molecule has 0 amide bonds. The molecule has 0 aliphatic rings. The fourth-order valence-electron chi connectivity index (χ4n) is 0. The summed E-state index contributed by atoms with van der Waals surface area (Å²) in [6.07, 6.45) is 0. The molecule has 0 bridgehead atoms. The quantitative estimate of drug-likeness (QED) is 0.461. The maximum atomic E-state index is 10.2. The molecule has 0 atom stereocenters. The van der Waals surface area contributed by atoms with Crippen molar-refractivity contribution >= 4 is 7.82 Å². The van der Waals surface area contributed by atoms with E-state index in [0.717, 1.165) is 4.48 Å². The Bertz CT molecular complexity index is 134. The average molecular weight is 190 g/mol. The van der Waals surface area contributed by atoms with Crippen LogP contribution < -0.4 is 0 Å². The second-order valence-electron chi connectivity index (χ2n) is 3.24. The number of halogens is 1. The first-order valence-corrected chi connectivity index (χ1v) is 4.24. The first kappa shape index (κ1) is 13.6. The molecule has 0 heterocycles. The standard InChI is InChI=1S/C4H12N.FH2O4P/c1-5(2,3)4;1-5-6(2,3)4/h1-4H3;(H2,2,3,4)/q+1;. The summed E-state index contributed by atoms with van der Waals surface area (Å²) in [7, 11) is 3.69. The minimum absolute atomic E-state index is 1.00. The topological polar surface area (TPSA) is 66.8 Å². The summed E-state index contributed by atoms with van der Waals surface area (Å²) in [6.45, 7) is 0. The van der Waals surface area contributed by atoms with Gasteiger partial charge in [-0.3, -0.25) is 0 Å². The van der Waals surface area contributed by atoms with Crippen LogP contribution in [0.5, 0.6) is 0 Å². The van der Waals surface area contributed by atoms with Crippen molar-refractivity contribution in [1.82, 2.24) is 0 Å². The molecular weight excluding hydrogens is 176 g/mol. The molecule has 0 saturated heterocycles. The normalized spacial score (nSPS) is 11.9. The van der Waals surface area contributed by atoms with Crippen molar-refractivity contribution in [3.05, 3.63) is 0 Å². The van der Waals surface area contributed by atoms with Gasteiger partial charge in [0.2, 0.25) is 0 Å². The lowest BCUT2D eigenvalue weighted by Crippen LogP contribution is -2.27. The van der Waals surface area contributed by atoms with Crippen LogP contribution in [-0.2, 0) is 9.29 Å². The highest BCUT2D eigenvalue weighted by molar-refractivity contribution is 7.46. The van der Waals surface area contributed by atoms with Gasteiger partial charge in [0.1, 0.15) is 0 Å². The summed E-state index contributed by atoms with van der Waals surface area (Å²) in [5, 5.41) is 0. The van der Waals surface area contributed by atoms with E-state index in [2.05, 4.69) is 32.9 Å². The Morgan fingerprint density at radius 2 is 1.36 bits per heavy atom. The maximum absolute atomic E-state index is 10.2. The Labute approximate surface area is 65.1 Å². The highest BCUT2D eigenvalue weighted by atomic mass is 31.2. The molecule has 0 unspecified atom stereocenters. The van der Waals surface area contributed by atoms with Crippen molar-refractivity contribution in [3.8, 4) is 0 Å². The first-order valence-electron chi connectivity index (χ1n) is 2.71. The van der Waals surface area contributed by atoms with E-state index >= 15 is 0 Å². The van der Waals surface area contributed by atoms with Crippen molar-refractivity contribution < 1.29 is 28.1 Å². The smallest absolute Gasteiger partial charge is 0.333 e. The number of nitrogens with zero attached hydrogens (tertiary/aromatic N) is 1. The second-order valence-corrected chi connectivity index (χ2v) is 4.36. The maximum Gasteiger partial charge on any atom is 0.500 e. The molecule has 0 rings (SSSR count). The van der Waals surface area contributed by atoms with E-state index in [9.17, 15) is 4.53 Å². The van der Waals surface area contributed by atoms with Crippen LogP contribution >= 0.6 is 7.82 Å². The van der Waals surface area contributed by atoms with Crippen molar-refractivity contribution in [2.75, 3.05) is 28.2 Å². The molecule has 11 heavy (non-hydrogen) atoms. The van der Waals surface area contributed by atoms with Crippen molar-refractivity contribution in [3.63, 3.8) is 0 Å². The Morgan fingerprint density at radius 1 is 1.27 bits per heavy atom. The third-order valence-electron chi connectivity index (χ3n) is 0.0899. The molecule has 0 aromatic heterocycles. The van der Waals surface area contributed by atoms with Crippen LogP contribution in [0, 0.1) is 0 Å². The van der Waals surface area contributed by atoms with Gasteiger partial charge in [-0.15, -0.1) is 0 Å². The van der Waals surface area contributed by atoms with E-state index in [1.54, 1.807) is 0 Å². The summed E-state index contributed by atoms with van der Waals surface area (Å²) in [6, 6.07) is 0. The lowest BCUT2D eigenvalue weighted by molar-refractivity contribution is -0.849. The Balaban J connectivity index is 0. The fourth-order valence-corrected chi connectivity index (χ4v) is 0. The van der Waals surface area contributed by atoms with Crippen LogP contribution in [0.4, 0.5) is 4.53 Å². The molecule has 0 aromatic rings. The van der Waals surface area contributed by atoms with Gasteiger partial charge < -0.3 is 14.3 Å². The van der Waals surface area contributed by atoms with Crippen molar-refractivity contribution in [1.29, 1.82) is 0 Å². The van der Waals surface area contributed by atoms with E-state index in [1.807, 2.05) is 0 Å². The van der Waals surface area contributed by atoms with E-state index in [4.69, 9.17) is 14.4 Å². The van der Waals surface area contributed by atoms with Gasteiger partial charge in [-0.2, -0.15) is 0 Å². The van der Waals surface area contributed by atoms with E-state index in [0.29, 0.717) is 0 Å². The Hall–Kier alpha value is -0.0000000000000000555. The monoisotopic (exact) mass is 190 g/mol. The number of quaternary nitrogens is 1. The third kappa shape index (κ3) is 71.1. The fraction of sp³-hybridized carbons (Fsp3) is 1.00. The van der Waals surface area contributed by atoms with Gasteiger partial charge in [-0.05, 0) is 4.53 Å². The van der Waals surface area contributed by atoms with E-state index in [-0.39, 0.29) is 0 Å². The second kappa shape index (κ2) is 4.79. The zero-order valence-electron chi connectivity index (χ0n) is 6.98. The number of rotatable bonds is 1. The lowest BCUT2D eigenvalue weighted by atomic mass is 10.8. The number of hydrogen-bond acceptors (Lipinski definition) is 2. The molecule has 0 saturated carbocycles. The van der Waals surface area contributed by atoms with Crippen molar-refractivity contribution in [2.45, 2.75) is 0 Å². The van der Waals surface area contributed by atoms with Crippen LogP contribution in [0.1, 0.15) is 0 Å². The van der Waals surface area contributed by atoms with Gasteiger partial charge in [0.05, 0.1) is 28.2 Å². The zero-order chi connectivity index (χ0) is 9.71. The third-order valence-corrected chi connectivity index (χ3v) is 0.270. The van der Waals surface area contributed by atoms with E-state index < -0.39 is 7.82 Å². The largest absolute Gasteiger partial charge is 0.500 e. The summed E-state index contributed by atoms with van der Waals surface area (Å²) in [4.78, 5) is 14.7. The predicted molar refractivity (Wildman–Crippen MR) is 38.2 cm³/mol. The van der Waals surface area contributed by atoms with Crippen LogP contribution in [-0.4, -0.2) is 42.5 Å². The molecule has 0 spiro atoms. The van der Waals surface area contributed by atoms with Gasteiger partial charge in [0, 0.05) is 0 Å². The Morgan fingerprint density at radius 3 is 1.36 bits per heavy atom. The highest BCUT2D eigenvalue weighted by Crippen LogP contribution is 2.35. The summed E-state index contributed by atoms with van der Waals surface area (Å²) >= 11 is 0. The summed E-state index contributed by atoms with van der Waals surface area (Å²) < 4.78 is 22.4. The van der Waals surface area contributed by atoms with Crippen molar-refractivity contribution in [2.24, 2.45) is 0 Å². The molecule has 2 N–H and O–H groups in total. The molecule has 0 aliphatic heterocycles. The van der Waals surface area contributed by atoms with Gasteiger partial charge >= 0.3 is 7.82 Å². The van der Waals surface area contributed by atoms with Crippen LogP contribution in [0.3, 0.4) is 0 Å². The SMILES string of the molecule is C[N+](C)(C)C.O=P(O)(O)OF. The zero-order valence-corrected chi connectivity index (χ0v) is 7.88. The highest BCUT2D eigenvalue weighted by Gasteiger charge is 2.12. The molecule has 7 heteroatoms. The summed E-state index contributed by atoms with van der Waals surface area (Å²) in [5.41, 5.74) is 0. The molecule has 0 radical (unpaired) electrons. The predicted octanol–water partition coefficient (Wildman–Crippen LogP) is 0.303. The Kier molecular flexibility index (Phi) is 5.92. The first-order chi connectivity index (χ1) is 4.56. The van der Waals surface area contributed by atoms with Crippen LogP contribution in [0.2, 0.25) is 0 Å². The molecule has 0 aromatic carbocycles. The molecule has 5 nitrogen and oxygen atoms in total. The minimum atomic E-state index is -4.81. The number of hydrogen-bond donors (Lipinski definition) is 2. The van der Waals surface area contributed by atoms with Gasteiger partial charge in [-0.25, -0.2) is 4.57 Å².